The summed E-state index contributed by atoms with van der Waals surface area (Å²) >= 11 is 3.31. The van der Waals surface area contributed by atoms with Crippen molar-refractivity contribution in [1.82, 2.24) is 0 Å². The molecular formula is C36H35BrF4O5. The van der Waals surface area contributed by atoms with Gasteiger partial charge in [-0.1, -0.05) is 15.9 Å². The first kappa shape index (κ1) is 35.0. The monoisotopic (exact) mass is 702 g/mol. The number of hydrogen-bond acceptors (Lipinski definition) is 5. The molecule has 0 aromatic heterocycles. The molecule has 5 nitrogen and oxygen atoms in total. The van der Waals surface area contributed by atoms with Crippen molar-refractivity contribution in [2.75, 3.05) is 7.11 Å². The van der Waals surface area contributed by atoms with Crippen LogP contribution < -0.4 is 9.47 Å². The lowest BCUT2D eigenvalue weighted by atomic mass is 9.93. The zero-order valence-electron chi connectivity index (χ0n) is 26.1. The SMILES string of the molecule is CC(C)Oc1cc(-c2ccc(F)cc2F)c(C2CC2)cc1CO.COC(=O)c1cc(Br)c(-c2ccc(F)cc2F)cc1OC(C)C. The number of rotatable bonds is 9. The number of aliphatic hydroxyl groups excluding tert-OH is 1. The van der Waals surface area contributed by atoms with E-state index in [1.54, 1.807) is 19.9 Å². The van der Waals surface area contributed by atoms with Gasteiger partial charge in [-0.2, -0.15) is 0 Å². The molecule has 4 aromatic carbocycles. The molecule has 0 saturated heterocycles. The topological polar surface area (TPSA) is 65.0 Å². The summed E-state index contributed by atoms with van der Waals surface area (Å²) in [6.45, 7) is 7.28. The van der Waals surface area contributed by atoms with Gasteiger partial charge >= 0.3 is 5.97 Å². The van der Waals surface area contributed by atoms with Crippen molar-refractivity contribution in [2.45, 2.75) is 65.3 Å². The van der Waals surface area contributed by atoms with Gasteiger partial charge in [-0.05, 0) is 106 Å². The van der Waals surface area contributed by atoms with Crippen LogP contribution in [0.3, 0.4) is 0 Å². The number of esters is 1. The number of hydrogen-bond donors (Lipinski definition) is 1. The first-order valence-corrected chi connectivity index (χ1v) is 15.6. The van der Waals surface area contributed by atoms with Crippen LogP contribution in [-0.2, 0) is 11.3 Å². The first-order chi connectivity index (χ1) is 21.8. The maximum absolute atomic E-state index is 14.2. The third kappa shape index (κ3) is 8.47. The third-order valence-electron chi connectivity index (χ3n) is 7.06. The molecule has 0 spiro atoms. The van der Waals surface area contributed by atoms with Gasteiger partial charge in [-0.15, -0.1) is 0 Å². The quantitative estimate of drug-likeness (QED) is 0.139. The molecule has 0 radical (unpaired) electrons. The Kier molecular flexibility index (Phi) is 11.5. The van der Waals surface area contributed by atoms with Gasteiger partial charge in [0.2, 0.25) is 0 Å². The molecule has 0 aliphatic heterocycles. The van der Waals surface area contributed by atoms with Crippen molar-refractivity contribution in [2.24, 2.45) is 0 Å². The second kappa shape index (κ2) is 15.1. The molecule has 0 atom stereocenters. The summed E-state index contributed by atoms with van der Waals surface area (Å²) in [5.41, 5.74) is 3.65. The van der Waals surface area contributed by atoms with Crippen molar-refractivity contribution in [1.29, 1.82) is 0 Å². The van der Waals surface area contributed by atoms with E-state index in [1.165, 1.54) is 43.5 Å². The van der Waals surface area contributed by atoms with E-state index in [0.29, 0.717) is 32.8 Å². The summed E-state index contributed by atoms with van der Waals surface area (Å²) in [6, 6.07) is 13.6. The molecule has 1 aliphatic rings. The van der Waals surface area contributed by atoms with Crippen LogP contribution in [0.2, 0.25) is 0 Å². The van der Waals surface area contributed by atoms with Crippen LogP contribution in [-0.4, -0.2) is 30.4 Å². The Hall–Kier alpha value is -3.89. The highest BCUT2D eigenvalue weighted by molar-refractivity contribution is 9.10. The molecule has 1 aliphatic carbocycles. The number of halogens is 5. The van der Waals surface area contributed by atoms with Crippen molar-refractivity contribution >= 4 is 21.9 Å². The predicted octanol–water partition coefficient (Wildman–Crippen LogP) is 9.76. The summed E-state index contributed by atoms with van der Waals surface area (Å²) in [5, 5.41) is 9.61. The summed E-state index contributed by atoms with van der Waals surface area (Å²) in [7, 11) is 1.27. The Morgan fingerprint density at radius 3 is 1.78 bits per heavy atom. The first-order valence-electron chi connectivity index (χ1n) is 14.8. The minimum Gasteiger partial charge on any atom is -0.491 e. The molecule has 46 heavy (non-hydrogen) atoms. The Labute approximate surface area is 274 Å². The van der Waals surface area contributed by atoms with Crippen molar-refractivity contribution in [3.05, 3.63) is 105 Å². The summed E-state index contributed by atoms with van der Waals surface area (Å²) in [6.07, 6.45) is 1.85. The zero-order chi connectivity index (χ0) is 33.7. The van der Waals surface area contributed by atoms with Crippen LogP contribution in [0.5, 0.6) is 11.5 Å². The molecule has 1 saturated carbocycles. The highest BCUT2D eigenvalue weighted by Gasteiger charge is 2.29. The van der Waals surface area contributed by atoms with Gasteiger partial charge in [0.05, 0.1) is 25.9 Å². The Bertz CT molecular complexity index is 1720. The number of aliphatic hydroxyl groups is 1. The van der Waals surface area contributed by atoms with Crippen molar-refractivity contribution in [3.63, 3.8) is 0 Å². The van der Waals surface area contributed by atoms with Crippen molar-refractivity contribution < 1.29 is 41.7 Å². The summed E-state index contributed by atoms with van der Waals surface area (Å²) in [5.74, 6) is -1.91. The summed E-state index contributed by atoms with van der Waals surface area (Å²) in [4.78, 5) is 11.9. The van der Waals surface area contributed by atoms with E-state index in [1.807, 2.05) is 19.9 Å². The number of methoxy groups -OCH3 is 1. The fraction of sp³-hybridized carbons (Fsp3) is 0.306. The van der Waals surface area contributed by atoms with Gasteiger partial charge in [0, 0.05) is 38.9 Å². The van der Waals surface area contributed by atoms with Crippen molar-refractivity contribution in [3.8, 4) is 33.8 Å². The number of carbonyl (C=O) groups is 1. The molecule has 0 amide bonds. The van der Waals surface area contributed by atoms with E-state index < -0.39 is 29.2 Å². The average Bonchev–Trinajstić information content (AvgIpc) is 3.83. The normalized spacial score (nSPS) is 12.5. The molecule has 244 valence electrons. The molecule has 0 bridgehead atoms. The minimum absolute atomic E-state index is 0.0574. The van der Waals surface area contributed by atoms with Crippen LogP contribution in [0.25, 0.3) is 22.3 Å². The molecule has 5 rings (SSSR count). The van der Waals surface area contributed by atoms with Crippen LogP contribution in [0, 0.1) is 23.3 Å². The van der Waals surface area contributed by atoms with Gasteiger partial charge in [0.25, 0.3) is 0 Å². The van der Waals surface area contributed by atoms with E-state index in [-0.39, 0.29) is 35.7 Å². The number of ether oxygens (including phenoxy) is 3. The Morgan fingerprint density at radius 2 is 1.30 bits per heavy atom. The largest absolute Gasteiger partial charge is 0.491 e. The van der Waals surface area contributed by atoms with E-state index in [2.05, 4.69) is 15.9 Å². The Morgan fingerprint density at radius 1 is 0.783 bits per heavy atom. The van der Waals surface area contributed by atoms with E-state index in [4.69, 9.17) is 14.2 Å². The number of benzene rings is 4. The van der Waals surface area contributed by atoms with Crippen LogP contribution >= 0.6 is 15.9 Å². The highest BCUT2D eigenvalue weighted by Crippen LogP contribution is 2.47. The second-order valence-corrected chi connectivity index (χ2v) is 12.2. The molecule has 0 unspecified atom stereocenters. The maximum atomic E-state index is 14.2. The zero-order valence-corrected chi connectivity index (χ0v) is 27.7. The van der Waals surface area contributed by atoms with Gasteiger partial charge < -0.3 is 19.3 Å². The molecule has 0 heterocycles. The predicted molar refractivity (Wildman–Crippen MR) is 172 cm³/mol. The van der Waals surface area contributed by atoms with Crippen LogP contribution in [0.4, 0.5) is 17.6 Å². The Balaban J connectivity index is 0.000000209. The number of carbonyl (C=O) groups excluding carboxylic acids is 1. The lowest BCUT2D eigenvalue weighted by Gasteiger charge is -2.18. The van der Waals surface area contributed by atoms with E-state index >= 15 is 0 Å². The fourth-order valence-corrected chi connectivity index (χ4v) is 5.45. The van der Waals surface area contributed by atoms with Gasteiger partial charge in [-0.3, -0.25) is 0 Å². The van der Waals surface area contributed by atoms with Crippen LogP contribution in [0.1, 0.15) is 67.9 Å². The van der Waals surface area contributed by atoms with E-state index in [9.17, 15) is 27.5 Å². The molecule has 10 heteroatoms. The minimum atomic E-state index is -0.702. The van der Waals surface area contributed by atoms with Gasteiger partial charge in [-0.25, -0.2) is 22.4 Å². The smallest absolute Gasteiger partial charge is 0.341 e. The average molecular weight is 704 g/mol. The highest BCUT2D eigenvalue weighted by atomic mass is 79.9. The van der Waals surface area contributed by atoms with Gasteiger partial charge in [0.1, 0.15) is 40.3 Å². The maximum Gasteiger partial charge on any atom is 0.341 e. The summed E-state index contributed by atoms with van der Waals surface area (Å²) < 4.78 is 71.2. The standard InChI is InChI=1S/C19H20F2O2.C17H15BrF2O3/c1-11(2)23-19-9-17(15-6-5-14(20)8-18(15)21)16(12-3-4-12)7-13(19)10-22;1-9(2)23-16-8-12(11-5-4-10(19)6-15(11)20)14(18)7-13(16)17(21)22-3/h5-9,11-12,22H,3-4,10H2,1-2H3;4-9H,1-3H3. The molecule has 1 fully saturated rings. The van der Waals surface area contributed by atoms with Gasteiger partial charge in [0.15, 0.2) is 0 Å². The molecule has 4 aromatic rings. The van der Waals surface area contributed by atoms with E-state index in [0.717, 1.165) is 36.1 Å². The molecule has 1 N–H and O–H groups in total. The third-order valence-corrected chi connectivity index (χ3v) is 7.72. The second-order valence-electron chi connectivity index (χ2n) is 11.4. The lowest BCUT2D eigenvalue weighted by molar-refractivity contribution is 0.0594. The molecular weight excluding hydrogens is 668 g/mol. The fourth-order valence-electron chi connectivity index (χ4n) is 4.89. The lowest BCUT2D eigenvalue weighted by Crippen LogP contribution is -2.11. The van der Waals surface area contributed by atoms with Crippen LogP contribution in [0.15, 0.2) is 65.1 Å².